The molecule has 0 atom stereocenters. The van der Waals surface area contributed by atoms with Crippen LogP contribution in [0.2, 0.25) is 0 Å². The van der Waals surface area contributed by atoms with Crippen LogP contribution < -0.4 is 5.69 Å². The molecule has 0 aliphatic carbocycles. The number of imidazole rings is 1. The van der Waals surface area contributed by atoms with Crippen molar-refractivity contribution in [3.05, 3.63) is 107 Å². The molecule has 3 aromatic heterocycles. The number of pyridine rings is 1. The van der Waals surface area contributed by atoms with E-state index in [9.17, 15) is 10.1 Å². The van der Waals surface area contributed by atoms with E-state index in [-0.39, 0.29) is 5.69 Å². The van der Waals surface area contributed by atoms with Gasteiger partial charge >= 0.3 is 5.69 Å². The second-order valence-corrected chi connectivity index (χ2v) is 9.69. The number of nitrogens with zero attached hydrogens (tertiary/aromatic N) is 6. The third-order valence-electron chi connectivity index (χ3n) is 6.95. The molecule has 6 aromatic rings. The monoisotopic (exact) mass is 484 g/mol. The Labute approximate surface area is 213 Å². The summed E-state index contributed by atoms with van der Waals surface area (Å²) in [5.74, 6) is 0. The molecule has 0 N–H and O–H groups in total. The summed E-state index contributed by atoms with van der Waals surface area (Å²) in [6.45, 7) is 3.76. The molecule has 0 aliphatic heterocycles. The molecular weight excluding hydrogens is 460 g/mol. The van der Waals surface area contributed by atoms with Gasteiger partial charge < -0.3 is 0 Å². The van der Waals surface area contributed by atoms with E-state index in [0.29, 0.717) is 0 Å². The number of para-hydroxylation sites is 1. The van der Waals surface area contributed by atoms with Crippen molar-refractivity contribution < 1.29 is 0 Å². The zero-order chi connectivity index (χ0) is 25.7. The molecule has 6 rings (SSSR count). The summed E-state index contributed by atoms with van der Waals surface area (Å²) in [5, 5.41) is 14.9. The highest BCUT2D eigenvalue weighted by molar-refractivity contribution is 6.04. The molecule has 0 bridgehead atoms. The minimum Gasteiger partial charge on any atom is -0.293 e. The number of hydrogen-bond acceptors (Lipinski definition) is 4. The van der Waals surface area contributed by atoms with Crippen molar-refractivity contribution in [3.8, 4) is 28.6 Å². The first-order valence-corrected chi connectivity index (χ1v) is 12.0. The van der Waals surface area contributed by atoms with Gasteiger partial charge in [-0.2, -0.15) is 10.4 Å². The van der Waals surface area contributed by atoms with E-state index in [1.165, 1.54) is 0 Å². The van der Waals surface area contributed by atoms with Crippen molar-refractivity contribution in [1.82, 2.24) is 23.9 Å². The van der Waals surface area contributed by atoms with E-state index in [0.717, 1.165) is 50.0 Å². The van der Waals surface area contributed by atoms with Crippen molar-refractivity contribution >= 4 is 21.9 Å². The Kier molecular flexibility index (Phi) is 5.06. The Morgan fingerprint density at radius 1 is 0.892 bits per heavy atom. The molecule has 3 aromatic carbocycles. The Morgan fingerprint density at radius 2 is 1.65 bits per heavy atom. The van der Waals surface area contributed by atoms with Crippen LogP contribution in [-0.4, -0.2) is 23.9 Å². The van der Waals surface area contributed by atoms with E-state index in [2.05, 4.69) is 22.2 Å². The Morgan fingerprint density at radius 3 is 2.38 bits per heavy atom. The second-order valence-electron chi connectivity index (χ2n) is 9.69. The number of benzene rings is 3. The molecule has 180 valence electrons. The largest absolute Gasteiger partial charge is 0.333 e. The number of aromatic nitrogens is 5. The van der Waals surface area contributed by atoms with Gasteiger partial charge in [0.25, 0.3) is 0 Å². The summed E-state index contributed by atoms with van der Waals surface area (Å²) in [7, 11) is 1.76. The molecule has 0 unspecified atom stereocenters. The molecule has 0 amide bonds. The zero-order valence-electron chi connectivity index (χ0n) is 20.8. The first-order valence-electron chi connectivity index (χ1n) is 12.0. The quantitative estimate of drug-likeness (QED) is 0.329. The fourth-order valence-corrected chi connectivity index (χ4v) is 4.70. The highest BCUT2D eigenvalue weighted by Crippen LogP contribution is 2.31. The van der Waals surface area contributed by atoms with E-state index in [4.69, 9.17) is 0 Å². The van der Waals surface area contributed by atoms with Crippen LogP contribution in [0.15, 0.2) is 96.2 Å². The van der Waals surface area contributed by atoms with Crippen LogP contribution in [0.5, 0.6) is 0 Å². The molecule has 7 heteroatoms. The smallest absolute Gasteiger partial charge is 0.293 e. The van der Waals surface area contributed by atoms with Gasteiger partial charge in [-0.3, -0.25) is 14.1 Å². The number of aryl methyl sites for hydroxylation is 1. The van der Waals surface area contributed by atoms with Crippen molar-refractivity contribution in [2.75, 3.05) is 0 Å². The fourth-order valence-electron chi connectivity index (χ4n) is 4.70. The summed E-state index contributed by atoms with van der Waals surface area (Å²) in [5.41, 5.74) is 6.15. The van der Waals surface area contributed by atoms with E-state index in [1.54, 1.807) is 22.4 Å². The Hall–Kier alpha value is -4.96. The molecule has 0 saturated heterocycles. The molecule has 0 spiro atoms. The number of hydrogen-bond donors (Lipinski definition) is 0. The summed E-state index contributed by atoms with van der Waals surface area (Å²) in [6, 6.07) is 26.0. The maximum absolute atomic E-state index is 13.4. The van der Waals surface area contributed by atoms with Crippen LogP contribution >= 0.6 is 0 Å². The van der Waals surface area contributed by atoms with E-state index in [1.807, 2.05) is 97.7 Å². The first kappa shape index (κ1) is 22.5. The van der Waals surface area contributed by atoms with Gasteiger partial charge in [0.2, 0.25) is 0 Å². The Bertz CT molecular complexity index is 1880. The van der Waals surface area contributed by atoms with Gasteiger partial charge in [-0.05, 0) is 61.4 Å². The van der Waals surface area contributed by atoms with E-state index >= 15 is 0 Å². The van der Waals surface area contributed by atoms with Crippen LogP contribution in [0.3, 0.4) is 0 Å². The number of rotatable bonds is 4. The maximum atomic E-state index is 13.4. The van der Waals surface area contributed by atoms with Gasteiger partial charge in [0, 0.05) is 24.2 Å². The predicted molar refractivity (Wildman–Crippen MR) is 145 cm³/mol. The van der Waals surface area contributed by atoms with E-state index < -0.39 is 5.41 Å². The highest BCUT2D eigenvalue weighted by atomic mass is 16.1. The minimum atomic E-state index is -0.613. The maximum Gasteiger partial charge on any atom is 0.333 e. The molecule has 0 fully saturated rings. The number of nitriles is 1. The lowest BCUT2D eigenvalue weighted by atomic mass is 9.86. The van der Waals surface area contributed by atoms with Gasteiger partial charge in [-0.15, -0.1) is 0 Å². The Balaban J connectivity index is 1.54. The van der Waals surface area contributed by atoms with Gasteiger partial charge in [0.05, 0.1) is 51.8 Å². The second kappa shape index (κ2) is 8.32. The average molecular weight is 485 g/mol. The summed E-state index contributed by atoms with van der Waals surface area (Å²) in [6.07, 6.45) is 5.59. The van der Waals surface area contributed by atoms with Crippen LogP contribution in [0, 0.1) is 11.3 Å². The van der Waals surface area contributed by atoms with Crippen molar-refractivity contribution in [1.29, 1.82) is 5.26 Å². The molecular formula is C30H24N6O. The summed E-state index contributed by atoms with van der Waals surface area (Å²) < 4.78 is 5.19. The lowest BCUT2D eigenvalue weighted by Gasteiger charge is -2.16. The van der Waals surface area contributed by atoms with Gasteiger partial charge in [-0.25, -0.2) is 9.48 Å². The van der Waals surface area contributed by atoms with Crippen LogP contribution in [0.1, 0.15) is 19.4 Å². The van der Waals surface area contributed by atoms with Gasteiger partial charge in [0.1, 0.15) is 0 Å². The van der Waals surface area contributed by atoms with Crippen LogP contribution in [0.25, 0.3) is 44.4 Å². The fraction of sp³-hybridized carbons (Fsp3) is 0.133. The lowest BCUT2D eigenvalue weighted by Crippen LogP contribution is -2.21. The molecule has 0 aliphatic rings. The first-order chi connectivity index (χ1) is 17.9. The van der Waals surface area contributed by atoms with Gasteiger partial charge in [-0.1, -0.05) is 36.4 Å². The third kappa shape index (κ3) is 3.62. The minimum absolute atomic E-state index is 0.154. The summed E-state index contributed by atoms with van der Waals surface area (Å²) in [4.78, 5) is 18.1. The van der Waals surface area contributed by atoms with Crippen molar-refractivity contribution in [2.24, 2.45) is 7.05 Å². The predicted octanol–water partition coefficient (Wildman–Crippen LogP) is 5.53. The lowest BCUT2D eigenvalue weighted by molar-refractivity contribution is 0.686. The molecule has 37 heavy (non-hydrogen) atoms. The highest BCUT2D eigenvalue weighted by Gasteiger charge is 2.21. The topological polar surface area (TPSA) is 81.4 Å². The van der Waals surface area contributed by atoms with Crippen molar-refractivity contribution in [3.63, 3.8) is 0 Å². The van der Waals surface area contributed by atoms with Crippen molar-refractivity contribution in [2.45, 2.75) is 19.3 Å². The van der Waals surface area contributed by atoms with Crippen LogP contribution in [0.4, 0.5) is 0 Å². The molecule has 7 nitrogen and oxygen atoms in total. The summed E-state index contributed by atoms with van der Waals surface area (Å²) >= 11 is 0. The SMILES string of the molecule is Cn1c(=O)n(-c2ccc(C(C)(C)C#N)cc2)c2c3cc(-c4cnn(-c5ccccc5)c4)ccc3ncc21. The zero-order valence-corrected chi connectivity index (χ0v) is 20.8. The average Bonchev–Trinajstić information content (AvgIpc) is 3.53. The molecule has 0 radical (unpaired) electrons. The molecule has 0 saturated carbocycles. The van der Waals surface area contributed by atoms with Crippen LogP contribution in [-0.2, 0) is 12.5 Å². The number of fused-ring (bicyclic) bond motifs is 3. The standard InChI is InChI=1S/C30H24N6O/c1-30(2,19-31)22-10-12-24(13-11-22)36-28-25-15-20(9-14-26(25)32-17-27(28)34(3)29(36)37)21-16-33-35(18-21)23-7-5-4-6-8-23/h4-18H,1-3H3. The normalized spacial score (nSPS) is 11.7. The van der Waals surface area contributed by atoms with Gasteiger partial charge in [0.15, 0.2) is 0 Å². The molecule has 3 heterocycles. The third-order valence-corrected chi connectivity index (χ3v) is 6.95.